The van der Waals surface area contributed by atoms with Crippen LogP contribution in [0.15, 0.2) is 84.9 Å². The van der Waals surface area contributed by atoms with E-state index in [1.165, 1.54) is 11.1 Å². The van der Waals surface area contributed by atoms with Crippen molar-refractivity contribution in [2.75, 3.05) is 43.9 Å². The lowest BCUT2D eigenvalue weighted by molar-refractivity contribution is -0.121. The quantitative estimate of drug-likeness (QED) is 0.583. The van der Waals surface area contributed by atoms with E-state index in [0.717, 1.165) is 37.6 Å². The molecule has 0 aromatic heterocycles. The van der Waals surface area contributed by atoms with Crippen molar-refractivity contribution >= 4 is 17.3 Å². The van der Waals surface area contributed by atoms with Crippen LogP contribution in [0, 0.1) is 0 Å². The lowest BCUT2D eigenvalue weighted by Crippen LogP contribution is -2.53. The number of nitrogens with one attached hydrogen (secondary N) is 2. The first kappa shape index (κ1) is 22.1. The summed E-state index contributed by atoms with van der Waals surface area (Å²) >= 11 is 0. The third-order valence-corrected chi connectivity index (χ3v) is 6.29. The van der Waals surface area contributed by atoms with Crippen molar-refractivity contribution in [1.82, 2.24) is 9.80 Å². The third kappa shape index (κ3) is 5.18. The van der Waals surface area contributed by atoms with Gasteiger partial charge in [0.15, 0.2) is 0 Å². The number of piperazine rings is 1. The molecule has 32 heavy (non-hydrogen) atoms. The van der Waals surface area contributed by atoms with E-state index in [4.69, 9.17) is 0 Å². The van der Waals surface area contributed by atoms with Crippen molar-refractivity contribution in [1.29, 1.82) is 0 Å². The summed E-state index contributed by atoms with van der Waals surface area (Å²) in [6, 6.07) is 29.2. The number of rotatable bonds is 7. The van der Waals surface area contributed by atoms with E-state index >= 15 is 0 Å². The zero-order valence-corrected chi connectivity index (χ0v) is 18.9. The maximum absolute atomic E-state index is 12.9. The Hall–Kier alpha value is -3.15. The number of amides is 1. The van der Waals surface area contributed by atoms with Gasteiger partial charge in [-0.25, -0.2) is 0 Å². The topological polar surface area (TPSA) is 47.6 Å². The van der Waals surface area contributed by atoms with E-state index in [0.29, 0.717) is 0 Å². The van der Waals surface area contributed by atoms with Crippen molar-refractivity contribution in [3.8, 4) is 0 Å². The van der Waals surface area contributed by atoms with Gasteiger partial charge in [-0.2, -0.15) is 0 Å². The fraction of sp³-hybridized carbons (Fsp3) is 0.296. The van der Waals surface area contributed by atoms with Gasteiger partial charge < -0.3 is 10.6 Å². The van der Waals surface area contributed by atoms with Crippen molar-refractivity contribution < 1.29 is 4.79 Å². The molecule has 1 aliphatic heterocycles. The van der Waals surface area contributed by atoms with Gasteiger partial charge in [0, 0.05) is 44.6 Å². The highest BCUT2D eigenvalue weighted by Gasteiger charge is 2.30. The van der Waals surface area contributed by atoms with Gasteiger partial charge >= 0.3 is 0 Å². The Labute approximate surface area is 191 Å². The van der Waals surface area contributed by atoms with Gasteiger partial charge in [0.1, 0.15) is 0 Å². The highest BCUT2D eigenvalue weighted by atomic mass is 16.2. The van der Waals surface area contributed by atoms with Gasteiger partial charge in [-0.15, -0.1) is 0 Å². The maximum atomic E-state index is 12.9. The second kappa shape index (κ2) is 10.4. The minimum absolute atomic E-state index is 0.0365. The van der Waals surface area contributed by atoms with Crippen LogP contribution < -0.4 is 10.6 Å². The molecule has 3 aromatic rings. The molecule has 3 aromatic carbocycles. The van der Waals surface area contributed by atoms with Gasteiger partial charge in [-0.3, -0.25) is 14.6 Å². The number of nitrogens with zero attached hydrogens (tertiary/aromatic N) is 2. The van der Waals surface area contributed by atoms with Crippen LogP contribution in [0.5, 0.6) is 0 Å². The number of anilines is 2. The van der Waals surface area contributed by atoms with Gasteiger partial charge in [-0.1, -0.05) is 66.7 Å². The van der Waals surface area contributed by atoms with E-state index in [9.17, 15) is 4.79 Å². The SMILES string of the molecule is CNc1cccc(NC(=O)C(C)N2CCN(C(c3ccccc3)c3ccccc3)CC2)c1. The predicted molar refractivity (Wildman–Crippen MR) is 132 cm³/mol. The molecule has 1 fully saturated rings. The Bertz CT molecular complexity index is 961. The molecule has 2 N–H and O–H groups in total. The number of benzene rings is 3. The smallest absolute Gasteiger partial charge is 0.241 e. The first-order valence-corrected chi connectivity index (χ1v) is 11.3. The predicted octanol–water partition coefficient (Wildman–Crippen LogP) is 4.46. The summed E-state index contributed by atoms with van der Waals surface area (Å²) in [5, 5.41) is 6.17. The fourth-order valence-corrected chi connectivity index (χ4v) is 4.43. The van der Waals surface area contributed by atoms with Crippen molar-refractivity contribution in [2.45, 2.75) is 19.0 Å². The molecule has 0 radical (unpaired) electrons. The van der Waals surface area contributed by atoms with Gasteiger partial charge in [0.05, 0.1) is 12.1 Å². The summed E-state index contributed by atoms with van der Waals surface area (Å²) in [6.07, 6.45) is 0. The highest BCUT2D eigenvalue weighted by Crippen LogP contribution is 2.29. The lowest BCUT2D eigenvalue weighted by atomic mass is 9.96. The lowest BCUT2D eigenvalue weighted by Gasteiger charge is -2.41. The van der Waals surface area contributed by atoms with Crippen LogP contribution in [0.25, 0.3) is 0 Å². The van der Waals surface area contributed by atoms with E-state index in [1.54, 1.807) is 0 Å². The Balaban J connectivity index is 1.41. The minimum atomic E-state index is -0.178. The van der Waals surface area contributed by atoms with E-state index in [-0.39, 0.29) is 18.0 Å². The molecule has 5 heteroatoms. The molecule has 1 unspecified atom stereocenters. The summed E-state index contributed by atoms with van der Waals surface area (Å²) < 4.78 is 0. The molecular weight excluding hydrogens is 396 g/mol. The average molecular weight is 429 g/mol. The first-order valence-electron chi connectivity index (χ1n) is 11.3. The maximum Gasteiger partial charge on any atom is 0.241 e. The number of carbonyl (C=O) groups excluding carboxylic acids is 1. The second-order valence-corrected chi connectivity index (χ2v) is 8.29. The first-order chi connectivity index (χ1) is 15.7. The fourth-order valence-electron chi connectivity index (χ4n) is 4.43. The minimum Gasteiger partial charge on any atom is -0.388 e. The average Bonchev–Trinajstić information content (AvgIpc) is 2.85. The van der Waals surface area contributed by atoms with Crippen molar-refractivity contribution in [3.05, 3.63) is 96.1 Å². The molecule has 0 saturated carbocycles. The van der Waals surface area contributed by atoms with Crippen LogP contribution >= 0.6 is 0 Å². The monoisotopic (exact) mass is 428 g/mol. The molecule has 1 amide bonds. The van der Waals surface area contributed by atoms with Gasteiger partial charge in [-0.05, 0) is 36.2 Å². The summed E-state index contributed by atoms with van der Waals surface area (Å²) in [6.45, 7) is 5.56. The molecule has 0 bridgehead atoms. The Kier molecular flexibility index (Phi) is 7.20. The standard InChI is InChI=1S/C27H32N4O/c1-21(27(32)29-25-15-9-14-24(20-25)28-2)30-16-18-31(19-17-30)26(22-10-5-3-6-11-22)23-12-7-4-8-13-23/h3-15,20-21,26,28H,16-19H2,1-2H3,(H,29,32). The normalized spacial score (nSPS) is 16.0. The summed E-state index contributed by atoms with van der Waals surface area (Å²) in [5.41, 5.74) is 4.42. The molecular formula is C27H32N4O. The van der Waals surface area contributed by atoms with Crippen LogP contribution in [0.2, 0.25) is 0 Å². The molecule has 5 nitrogen and oxygen atoms in total. The molecule has 1 atom stereocenters. The second-order valence-electron chi connectivity index (χ2n) is 8.29. The third-order valence-electron chi connectivity index (χ3n) is 6.29. The van der Waals surface area contributed by atoms with Crippen molar-refractivity contribution in [3.63, 3.8) is 0 Å². The summed E-state index contributed by atoms with van der Waals surface area (Å²) in [5.74, 6) is 0.0365. The van der Waals surface area contributed by atoms with Gasteiger partial charge in [0.2, 0.25) is 5.91 Å². The molecule has 0 spiro atoms. The van der Waals surface area contributed by atoms with Crippen LogP contribution in [-0.4, -0.2) is 55.0 Å². The molecule has 0 aliphatic carbocycles. The zero-order chi connectivity index (χ0) is 22.3. The van der Waals surface area contributed by atoms with Crippen LogP contribution in [-0.2, 0) is 4.79 Å². The zero-order valence-electron chi connectivity index (χ0n) is 18.9. The largest absolute Gasteiger partial charge is 0.388 e. The molecule has 1 heterocycles. The molecule has 1 aliphatic rings. The van der Waals surface area contributed by atoms with Crippen LogP contribution in [0.1, 0.15) is 24.1 Å². The number of hydrogen-bond acceptors (Lipinski definition) is 4. The Morgan fingerprint density at radius 1 is 0.750 bits per heavy atom. The van der Waals surface area contributed by atoms with E-state index in [1.807, 2.05) is 38.2 Å². The molecule has 1 saturated heterocycles. The van der Waals surface area contributed by atoms with Crippen LogP contribution in [0.3, 0.4) is 0 Å². The molecule has 166 valence electrons. The highest BCUT2D eigenvalue weighted by molar-refractivity contribution is 5.95. The van der Waals surface area contributed by atoms with Crippen LogP contribution in [0.4, 0.5) is 11.4 Å². The summed E-state index contributed by atoms with van der Waals surface area (Å²) in [4.78, 5) is 17.7. The Morgan fingerprint density at radius 3 is 1.84 bits per heavy atom. The van der Waals surface area contributed by atoms with Crippen molar-refractivity contribution in [2.24, 2.45) is 0 Å². The molecule has 4 rings (SSSR count). The Morgan fingerprint density at radius 2 is 1.28 bits per heavy atom. The number of hydrogen-bond donors (Lipinski definition) is 2. The van der Waals surface area contributed by atoms with E-state index in [2.05, 4.69) is 81.1 Å². The number of carbonyl (C=O) groups is 1. The van der Waals surface area contributed by atoms with Gasteiger partial charge in [0.25, 0.3) is 0 Å². The summed E-state index contributed by atoms with van der Waals surface area (Å²) in [7, 11) is 1.88. The van der Waals surface area contributed by atoms with E-state index < -0.39 is 0 Å².